The smallest absolute Gasteiger partial charge is 0.290 e. The van der Waals surface area contributed by atoms with Gasteiger partial charge in [-0.2, -0.15) is 0 Å². The van der Waals surface area contributed by atoms with Crippen LogP contribution in [0.4, 0.5) is 10.7 Å². The van der Waals surface area contributed by atoms with Crippen molar-refractivity contribution in [1.82, 2.24) is 20.6 Å². The first kappa shape index (κ1) is 16.9. The Kier molecular flexibility index (Phi) is 5.69. The van der Waals surface area contributed by atoms with Crippen molar-refractivity contribution in [3.05, 3.63) is 22.9 Å². The Morgan fingerprint density at radius 2 is 2.26 bits per heavy atom. The molecular weight excluding hydrogens is 318 g/mol. The molecule has 0 radical (unpaired) electrons. The second-order valence-electron chi connectivity index (χ2n) is 4.76. The van der Waals surface area contributed by atoms with Crippen molar-refractivity contribution in [2.24, 2.45) is 0 Å². The topological polar surface area (TPSA) is 104 Å². The molecule has 8 nitrogen and oxygen atoms in total. The maximum absolute atomic E-state index is 11.5. The van der Waals surface area contributed by atoms with Gasteiger partial charge in [0.2, 0.25) is 11.9 Å². The molecule has 0 aromatic carbocycles. The molecule has 2 N–H and O–H groups in total. The number of thioether (sulfide) groups is 1. The van der Waals surface area contributed by atoms with Crippen LogP contribution in [0.1, 0.15) is 19.0 Å². The summed E-state index contributed by atoms with van der Waals surface area (Å²) in [6.45, 7) is 2.84. The highest BCUT2D eigenvalue weighted by atomic mass is 32.2. The minimum atomic E-state index is -0.421. The van der Waals surface area contributed by atoms with Crippen LogP contribution >= 0.6 is 11.8 Å². The normalized spacial score (nSPS) is 15.7. The fraction of sp³-hybridized carbons (Fsp3) is 0.357. The van der Waals surface area contributed by atoms with E-state index in [2.05, 4.69) is 20.6 Å². The monoisotopic (exact) mass is 335 g/mol. The molecule has 0 spiro atoms. The molecule has 1 aliphatic rings. The van der Waals surface area contributed by atoms with Gasteiger partial charge in [-0.15, -0.1) is 0 Å². The van der Waals surface area contributed by atoms with Crippen molar-refractivity contribution >= 4 is 40.8 Å². The number of aromatic nitrogens is 2. The highest BCUT2D eigenvalue weighted by Gasteiger charge is 2.25. The summed E-state index contributed by atoms with van der Waals surface area (Å²) in [6, 6.07) is 1.65. The number of amides is 3. The van der Waals surface area contributed by atoms with E-state index < -0.39 is 5.91 Å². The number of carbonyl (C=O) groups is 3. The van der Waals surface area contributed by atoms with Gasteiger partial charge in [0.15, 0.2) is 0 Å². The van der Waals surface area contributed by atoms with E-state index in [4.69, 9.17) is 0 Å². The van der Waals surface area contributed by atoms with Crippen LogP contribution < -0.4 is 15.5 Å². The van der Waals surface area contributed by atoms with E-state index in [1.807, 2.05) is 7.05 Å². The number of nitrogens with zero attached hydrogens (tertiary/aromatic N) is 3. The van der Waals surface area contributed by atoms with Crippen LogP contribution in [0.25, 0.3) is 6.08 Å². The van der Waals surface area contributed by atoms with E-state index in [1.165, 1.54) is 0 Å². The molecule has 2 heterocycles. The summed E-state index contributed by atoms with van der Waals surface area (Å²) < 4.78 is 0. The zero-order valence-electron chi connectivity index (χ0n) is 12.8. The Bertz CT molecular complexity index is 662. The summed E-state index contributed by atoms with van der Waals surface area (Å²) in [5, 5.41) is 4.58. The first-order chi connectivity index (χ1) is 11.0. The zero-order chi connectivity index (χ0) is 16.8. The van der Waals surface area contributed by atoms with E-state index in [0.29, 0.717) is 36.1 Å². The largest absolute Gasteiger partial charge is 0.354 e. The molecule has 23 heavy (non-hydrogen) atoms. The van der Waals surface area contributed by atoms with Gasteiger partial charge in [-0.1, -0.05) is 6.92 Å². The number of likely N-dealkylation sites (N-methyl/N-ethyl adjacent to an activating group) is 1. The maximum Gasteiger partial charge on any atom is 0.290 e. The highest BCUT2D eigenvalue weighted by Crippen LogP contribution is 2.25. The highest BCUT2D eigenvalue weighted by molar-refractivity contribution is 8.18. The first-order valence-corrected chi connectivity index (χ1v) is 7.87. The molecule has 0 aliphatic carbocycles. The van der Waals surface area contributed by atoms with Crippen LogP contribution in [-0.4, -0.2) is 47.2 Å². The van der Waals surface area contributed by atoms with Gasteiger partial charge in [-0.3, -0.25) is 19.7 Å². The lowest BCUT2D eigenvalue weighted by Crippen LogP contribution is -2.33. The standard InChI is InChI=1S/C14H17N5O3S/c1-3-11(20)15-6-7-19(2)13-16-5-4-9(17-13)8-10-12(21)18-14(22)23-10/h4-5,8H,3,6-7H2,1-2H3,(H,15,20)(H,18,21,22)/b10-8-. The summed E-state index contributed by atoms with van der Waals surface area (Å²) >= 11 is 0.842. The third kappa shape index (κ3) is 4.78. The number of hydrogen-bond donors (Lipinski definition) is 2. The van der Waals surface area contributed by atoms with Crippen molar-refractivity contribution in [3.63, 3.8) is 0 Å². The molecule has 1 aromatic heterocycles. The van der Waals surface area contributed by atoms with Crippen LogP contribution in [0.2, 0.25) is 0 Å². The van der Waals surface area contributed by atoms with Crippen molar-refractivity contribution < 1.29 is 14.4 Å². The van der Waals surface area contributed by atoms with Gasteiger partial charge in [-0.05, 0) is 23.9 Å². The van der Waals surface area contributed by atoms with Crippen LogP contribution in [0, 0.1) is 0 Å². The number of anilines is 1. The van der Waals surface area contributed by atoms with Gasteiger partial charge in [0.25, 0.3) is 11.1 Å². The second kappa shape index (κ2) is 7.73. The van der Waals surface area contributed by atoms with E-state index >= 15 is 0 Å². The van der Waals surface area contributed by atoms with Gasteiger partial charge >= 0.3 is 0 Å². The number of rotatable bonds is 6. The van der Waals surface area contributed by atoms with Crippen molar-refractivity contribution in [3.8, 4) is 0 Å². The molecule has 1 aromatic rings. The minimum Gasteiger partial charge on any atom is -0.354 e. The second-order valence-corrected chi connectivity index (χ2v) is 5.77. The lowest BCUT2D eigenvalue weighted by molar-refractivity contribution is -0.120. The maximum atomic E-state index is 11.5. The Morgan fingerprint density at radius 3 is 2.91 bits per heavy atom. The Balaban J connectivity index is 2.02. The molecule has 2 rings (SSSR count). The number of hydrogen-bond acceptors (Lipinski definition) is 7. The molecule has 0 saturated carbocycles. The third-order valence-electron chi connectivity index (χ3n) is 3.02. The van der Waals surface area contributed by atoms with E-state index in [-0.39, 0.29) is 11.1 Å². The Labute approximate surface area is 137 Å². The molecule has 1 fully saturated rings. The Morgan fingerprint density at radius 1 is 1.48 bits per heavy atom. The van der Waals surface area contributed by atoms with E-state index in [9.17, 15) is 14.4 Å². The van der Waals surface area contributed by atoms with Crippen molar-refractivity contribution in [2.75, 3.05) is 25.0 Å². The summed E-state index contributed by atoms with van der Waals surface area (Å²) in [6.07, 6.45) is 3.57. The fourth-order valence-electron chi connectivity index (χ4n) is 1.77. The molecule has 0 atom stereocenters. The molecule has 1 aliphatic heterocycles. The van der Waals surface area contributed by atoms with Gasteiger partial charge < -0.3 is 10.2 Å². The predicted octanol–water partition coefficient (Wildman–Crippen LogP) is 0.763. The SMILES string of the molecule is CCC(=O)NCCN(C)c1nccc(/C=C2\SC(=O)NC2=O)n1. The van der Waals surface area contributed by atoms with Crippen molar-refractivity contribution in [1.29, 1.82) is 0 Å². The van der Waals surface area contributed by atoms with Gasteiger partial charge in [0, 0.05) is 32.8 Å². The molecule has 9 heteroatoms. The summed E-state index contributed by atoms with van der Waals surface area (Å²) in [5.41, 5.74) is 0.534. The van der Waals surface area contributed by atoms with Gasteiger partial charge in [0.05, 0.1) is 10.6 Å². The molecule has 0 unspecified atom stereocenters. The van der Waals surface area contributed by atoms with Crippen LogP contribution in [0.3, 0.4) is 0 Å². The number of nitrogens with one attached hydrogen (secondary N) is 2. The molecule has 0 bridgehead atoms. The molecule has 122 valence electrons. The van der Waals surface area contributed by atoms with Crippen molar-refractivity contribution in [2.45, 2.75) is 13.3 Å². The summed E-state index contributed by atoms with van der Waals surface area (Å²) in [7, 11) is 1.81. The number of imide groups is 1. The molecule has 3 amide bonds. The average Bonchev–Trinajstić information content (AvgIpc) is 2.84. The van der Waals surface area contributed by atoms with Crippen LogP contribution in [0.15, 0.2) is 17.2 Å². The summed E-state index contributed by atoms with van der Waals surface area (Å²) in [5.74, 6) is 0.0439. The Hall–Kier alpha value is -2.42. The fourth-order valence-corrected chi connectivity index (χ4v) is 2.44. The summed E-state index contributed by atoms with van der Waals surface area (Å²) in [4.78, 5) is 44.5. The van der Waals surface area contributed by atoms with Crippen LogP contribution in [0.5, 0.6) is 0 Å². The first-order valence-electron chi connectivity index (χ1n) is 7.05. The minimum absolute atomic E-state index is 0.00765. The lowest BCUT2D eigenvalue weighted by atomic mass is 10.3. The third-order valence-corrected chi connectivity index (χ3v) is 3.83. The van der Waals surface area contributed by atoms with E-state index in [1.54, 1.807) is 30.2 Å². The van der Waals surface area contributed by atoms with E-state index in [0.717, 1.165) is 11.8 Å². The predicted molar refractivity (Wildman–Crippen MR) is 87.7 cm³/mol. The van der Waals surface area contributed by atoms with Gasteiger partial charge in [-0.25, -0.2) is 9.97 Å². The lowest BCUT2D eigenvalue weighted by Gasteiger charge is -2.17. The molecule has 1 saturated heterocycles. The number of carbonyl (C=O) groups excluding carboxylic acids is 3. The molecular formula is C14H17N5O3S. The van der Waals surface area contributed by atoms with Gasteiger partial charge in [0.1, 0.15) is 0 Å². The quantitative estimate of drug-likeness (QED) is 0.740. The average molecular weight is 335 g/mol. The zero-order valence-corrected chi connectivity index (χ0v) is 13.6. The van der Waals surface area contributed by atoms with Crippen LogP contribution in [-0.2, 0) is 9.59 Å².